The molecule has 0 radical (unpaired) electrons. The number of carbonyl (C=O) groups is 2. The van der Waals surface area contributed by atoms with Crippen LogP contribution in [0.4, 0.5) is 0 Å². The summed E-state index contributed by atoms with van der Waals surface area (Å²) in [6.07, 6.45) is 0.434. The number of aldehydes is 1. The monoisotopic (exact) mass is 327 g/mol. The van der Waals surface area contributed by atoms with Gasteiger partial charge in [-0.1, -0.05) is 24.3 Å². The molecule has 1 aliphatic rings. The zero-order valence-corrected chi connectivity index (χ0v) is 12.9. The Morgan fingerprint density at radius 1 is 1.17 bits per heavy atom. The fourth-order valence-electron chi connectivity index (χ4n) is 2.30. The molecule has 0 aliphatic carbocycles. The van der Waals surface area contributed by atoms with Crippen LogP contribution in [0.3, 0.4) is 0 Å². The molecule has 0 fully saturated rings. The molecule has 3 rings (SSSR count). The third kappa shape index (κ3) is 3.84. The van der Waals surface area contributed by atoms with Crippen LogP contribution < -0.4 is 19.5 Å². The van der Waals surface area contributed by atoms with E-state index < -0.39 is 0 Å². The fraction of sp³-hybridized carbons (Fsp3) is 0.222. The summed E-state index contributed by atoms with van der Waals surface area (Å²) >= 11 is 0. The first kappa shape index (κ1) is 15.9. The number of para-hydroxylation sites is 3. The van der Waals surface area contributed by atoms with E-state index >= 15 is 0 Å². The van der Waals surface area contributed by atoms with E-state index in [2.05, 4.69) is 5.32 Å². The molecule has 1 atom stereocenters. The Morgan fingerprint density at radius 3 is 2.75 bits per heavy atom. The van der Waals surface area contributed by atoms with Gasteiger partial charge in [-0.2, -0.15) is 0 Å². The van der Waals surface area contributed by atoms with Crippen molar-refractivity contribution in [1.29, 1.82) is 0 Å². The number of hydrogen-bond acceptors (Lipinski definition) is 5. The van der Waals surface area contributed by atoms with Gasteiger partial charge >= 0.3 is 0 Å². The molecule has 0 saturated carbocycles. The highest BCUT2D eigenvalue weighted by atomic mass is 16.6. The van der Waals surface area contributed by atoms with Gasteiger partial charge in [0.05, 0.1) is 12.1 Å². The van der Waals surface area contributed by atoms with E-state index in [0.29, 0.717) is 42.2 Å². The quantitative estimate of drug-likeness (QED) is 0.820. The first-order valence-corrected chi connectivity index (χ1v) is 7.58. The van der Waals surface area contributed by atoms with Crippen molar-refractivity contribution in [1.82, 2.24) is 5.32 Å². The van der Waals surface area contributed by atoms with Crippen LogP contribution in [0.25, 0.3) is 0 Å². The molecule has 6 nitrogen and oxygen atoms in total. The third-order valence-electron chi connectivity index (χ3n) is 3.50. The standard InChI is InChI=1S/C18H17NO5/c20-10-13-5-1-2-6-15(13)23-12-18(21)19-9-14-11-22-16-7-3-4-8-17(16)24-14/h1-8,10,14H,9,11-12H2,(H,19,21)/t14-/m0/s1. The average Bonchev–Trinajstić information content (AvgIpc) is 2.64. The summed E-state index contributed by atoms with van der Waals surface area (Å²) < 4.78 is 16.7. The van der Waals surface area contributed by atoms with Gasteiger partial charge in [0.2, 0.25) is 0 Å². The van der Waals surface area contributed by atoms with E-state index in [4.69, 9.17) is 14.2 Å². The smallest absolute Gasteiger partial charge is 0.258 e. The zero-order chi connectivity index (χ0) is 16.8. The number of fused-ring (bicyclic) bond motifs is 1. The summed E-state index contributed by atoms with van der Waals surface area (Å²) in [6, 6.07) is 14.1. The lowest BCUT2D eigenvalue weighted by Gasteiger charge is -2.26. The Balaban J connectivity index is 1.46. The molecule has 1 aliphatic heterocycles. The topological polar surface area (TPSA) is 73.9 Å². The first-order chi connectivity index (χ1) is 11.8. The lowest BCUT2D eigenvalue weighted by atomic mass is 10.2. The first-order valence-electron chi connectivity index (χ1n) is 7.58. The fourth-order valence-corrected chi connectivity index (χ4v) is 2.30. The van der Waals surface area contributed by atoms with Crippen LogP contribution in [0.2, 0.25) is 0 Å². The number of ether oxygens (including phenoxy) is 3. The van der Waals surface area contributed by atoms with Gasteiger partial charge in [-0.3, -0.25) is 9.59 Å². The number of nitrogens with one attached hydrogen (secondary N) is 1. The molecule has 0 unspecified atom stereocenters. The Hall–Kier alpha value is -3.02. The number of carbonyl (C=O) groups excluding carboxylic acids is 2. The lowest BCUT2D eigenvalue weighted by Crippen LogP contribution is -2.42. The van der Waals surface area contributed by atoms with Crippen molar-refractivity contribution in [3.63, 3.8) is 0 Å². The average molecular weight is 327 g/mol. The Morgan fingerprint density at radius 2 is 1.92 bits per heavy atom. The number of hydrogen-bond donors (Lipinski definition) is 1. The summed E-state index contributed by atoms with van der Waals surface area (Å²) in [6.45, 7) is 0.507. The molecule has 6 heteroatoms. The van der Waals surface area contributed by atoms with Gasteiger partial charge in [-0.25, -0.2) is 0 Å². The highest BCUT2D eigenvalue weighted by molar-refractivity contribution is 5.80. The molecule has 2 aromatic rings. The van der Waals surface area contributed by atoms with Crippen LogP contribution in [0.1, 0.15) is 10.4 Å². The van der Waals surface area contributed by atoms with Gasteiger partial charge in [0, 0.05) is 0 Å². The van der Waals surface area contributed by atoms with Crippen molar-refractivity contribution in [2.24, 2.45) is 0 Å². The van der Waals surface area contributed by atoms with Gasteiger partial charge < -0.3 is 19.5 Å². The summed E-state index contributed by atoms with van der Waals surface area (Å²) in [4.78, 5) is 22.8. The van der Waals surface area contributed by atoms with Crippen molar-refractivity contribution in [3.8, 4) is 17.2 Å². The molecule has 0 saturated heterocycles. The summed E-state index contributed by atoms with van der Waals surface area (Å²) in [5.41, 5.74) is 0.408. The van der Waals surface area contributed by atoms with E-state index in [9.17, 15) is 9.59 Å². The predicted molar refractivity (Wildman–Crippen MR) is 86.7 cm³/mol. The molecule has 124 valence electrons. The van der Waals surface area contributed by atoms with E-state index in [1.165, 1.54) is 0 Å². The van der Waals surface area contributed by atoms with Crippen LogP contribution in [-0.4, -0.2) is 38.1 Å². The minimum Gasteiger partial charge on any atom is -0.486 e. The lowest BCUT2D eigenvalue weighted by molar-refractivity contribution is -0.123. The second-order valence-corrected chi connectivity index (χ2v) is 5.25. The largest absolute Gasteiger partial charge is 0.486 e. The molecule has 0 bridgehead atoms. The maximum absolute atomic E-state index is 11.9. The Bertz CT molecular complexity index is 731. The van der Waals surface area contributed by atoms with Gasteiger partial charge in [0.1, 0.15) is 18.5 Å². The normalized spacial score (nSPS) is 15.4. The van der Waals surface area contributed by atoms with Crippen molar-refractivity contribution in [3.05, 3.63) is 54.1 Å². The zero-order valence-electron chi connectivity index (χ0n) is 12.9. The highest BCUT2D eigenvalue weighted by Crippen LogP contribution is 2.30. The van der Waals surface area contributed by atoms with Crippen LogP contribution in [0.5, 0.6) is 17.2 Å². The molecule has 2 aromatic carbocycles. The second kappa shape index (κ2) is 7.50. The maximum atomic E-state index is 11.9. The van der Waals surface area contributed by atoms with Crippen LogP contribution in [0, 0.1) is 0 Å². The Kier molecular flexibility index (Phi) is 4.96. The van der Waals surface area contributed by atoms with Crippen LogP contribution >= 0.6 is 0 Å². The summed E-state index contributed by atoms with van der Waals surface area (Å²) in [7, 11) is 0. The summed E-state index contributed by atoms with van der Waals surface area (Å²) in [5.74, 6) is 1.46. The minimum absolute atomic E-state index is 0.172. The van der Waals surface area contributed by atoms with Crippen molar-refractivity contribution in [2.45, 2.75) is 6.10 Å². The van der Waals surface area contributed by atoms with Gasteiger partial charge in [-0.15, -0.1) is 0 Å². The molecule has 0 spiro atoms. The van der Waals surface area contributed by atoms with E-state index in [1.54, 1.807) is 24.3 Å². The van der Waals surface area contributed by atoms with E-state index in [0.717, 1.165) is 0 Å². The molecular weight excluding hydrogens is 310 g/mol. The molecular formula is C18H17NO5. The van der Waals surface area contributed by atoms with E-state index in [-0.39, 0.29) is 18.6 Å². The minimum atomic E-state index is -0.293. The van der Waals surface area contributed by atoms with Crippen molar-refractivity contribution in [2.75, 3.05) is 19.8 Å². The number of rotatable bonds is 6. The summed E-state index contributed by atoms with van der Waals surface area (Å²) in [5, 5.41) is 2.73. The maximum Gasteiger partial charge on any atom is 0.258 e. The molecule has 0 aromatic heterocycles. The highest BCUT2D eigenvalue weighted by Gasteiger charge is 2.21. The molecule has 24 heavy (non-hydrogen) atoms. The predicted octanol–water partition coefficient (Wildman–Crippen LogP) is 1.83. The van der Waals surface area contributed by atoms with Crippen LogP contribution in [0.15, 0.2) is 48.5 Å². The third-order valence-corrected chi connectivity index (χ3v) is 3.50. The van der Waals surface area contributed by atoms with E-state index in [1.807, 2.05) is 24.3 Å². The van der Waals surface area contributed by atoms with Crippen molar-refractivity contribution >= 4 is 12.2 Å². The van der Waals surface area contributed by atoms with Gasteiger partial charge in [-0.05, 0) is 24.3 Å². The van der Waals surface area contributed by atoms with Crippen molar-refractivity contribution < 1.29 is 23.8 Å². The molecule has 1 N–H and O–H groups in total. The Labute approximate surface area is 139 Å². The number of amides is 1. The van der Waals surface area contributed by atoms with Crippen LogP contribution in [-0.2, 0) is 4.79 Å². The molecule has 1 amide bonds. The second-order valence-electron chi connectivity index (χ2n) is 5.25. The van der Waals surface area contributed by atoms with Gasteiger partial charge in [0.15, 0.2) is 24.4 Å². The SMILES string of the molecule is O=Cc1ccccc1OCC(=O)NC[C@H]1COc2ccccc2O1. The number of benzene rings is 2. The molecule has 1 heterocycles. The van der Waals surface area contributed by atoms with Gasteiger partial charge in [0.25, 0.3) is 5.91 Å².